The topological polar surface area (TPSA) is 30.0 Å². The summed E-state index contributed by atoms with van der Waals surface area (Å²) in [5.41, 5.74) is 2.11. The fourth-order valence-corrected chi connectivity index (χ4v) is 2.72. The first kappa shape index (κ1) is 12.1. The molecule has 0 N–H and O–H groups in total. The number of pyridine rings is 1. The van der Waals surface area contributed by atoms with Crippen molar-refractivity contribution in [3.8, 4) is 0 Å². The van der Waals surface area contributed by atoms with E-state index in [1.54, 1.807) is 12.4 Å². The molecule has 3 rings (SSSR count). The van der Waals surface area contributed by atoms with E-state index >= 15 is 0 Å². The number of fused-ring (bicyclic) bond motifs is 1. The second kappa shape index (κ2) is 5.35. The molecule has 2 nitrogen and oxygen atoms in total. The molecule has 96 valence electrons. The van der Waals surface area contributed by atoms with Crippen LogP contribution in [0.2, 0.25) is 0 Å². The van der Waals surface area contributed by atoms with Crippen LogP contribution in [-0.4, -0.2) is 10.8 Å². The Morgan fingerprint density at radius 2 is 2.16 bits per heavy atom. The van der Waals surface area contributed by atoms with Gasteiger partial charge in [0.1, 0.15) is 0 Å². The molecule has 0 radical (unpaired) electrons. The van der Waals surface area contributed by atoms with Crippen LogP contribution in [-0.2, 0) is 0 Å². The molecular weight excluding hydrogens is 234 g/mol. The minimum atomic E-state index is 0.215. The van der Waals surface area contributed by atoms with E-state index in [2.05, 4.69) is 11.1 Å². The molecule has 0 unspecified atom stereocenters. The van der Waals surface area contributed by atoms with Gasteiger partial charge in [-0.1, -0.05) is 29.8 Å². The van der Waals surface area contributed by atoms with Gasteiger partial charge in [-0.25, -0.2) is 0 Å². The smallest absolute Gasteiger partial charge is 0.167 e. The molecule has 1 heterocycles. The summed E-state index contributed by atoms with van der Waals surface area (Å²) in [4.78, 5) is 16.6. The molecule has 1 aliphatic carbocycles. The number of carbonyl (C=O) groups excluding carboxylic acids is 1. The molecule has 0 atom stereocenters. The maximum atomic E-state index is 12.5. The number of carbonyl (C=O) groups is 1. The molecule has 0 aliphatic heterocycles. The van der Waals surface area contributed by atoms with Gasteiger partial charge in [0, 0.05) is 29.8 Å². The molecule has 0 bridgehead atoms. The Morgan fingerprint density at radius 1 is 1.21 bits per heavy atom. The van der Waals surface area contributed by atoms with Crippen LogP contribution in [0, 0.1) is 0 Å². The van der Waals surface area contributed by atoms with Crippen LogP contribution >= 0.6 is 0 Å². The molecule has 1 aromatic heterocycles. The quantitative estimate of drug-likeness (QED) is 0.601. The van der Waals surface area contributed by atoms with Crippen molar-refractivity contribution in [3.05, 3.63) is 53.9 Å². The highest BCUT2D eigenvalue weighted by atomic mass is 16.1. The zero-order chi connectivity index (χ0) is 13.1. The van der Waals surface area contributed by atoms with Gasteiger partial charge in [-0.2, -0.15) is 0 Å². The number of aromatic nitrogens is 1. The number of benzene rings is 1. The van der Waals surface area contributed by atoms with E-state index in [0.717, 1.165) is 29.2 Å². The van der Waals surface area contributed by atoms with Crippen LogP contribution in [0.3, 0.4) is 0 Å². The minimum Gasteiger partial charge on any atom is -0.294 e. The number of ketones is 1. The maximum absolute atomic E-state index is 12.5. The van der Waals surface area contributed by atoms with E-state index < -0.39 is 0 Å². The predicted molar refractivity (Wildman–Crippen MR) is 77.2 cm³/mol. The molecule has 0 amide bonds. The van der Waals surface area contributed by atoms with Gasteiger partial charge < -0.3 is 0 Å². The van der Waals surface area contributed by atoms with Gasteiger partial charge >= 0.3 is 0 Å². The van der Waals surface area contributed by atoms with Crippen molar-refractivity contribution in [2.45, 2.75) is 32.1 Å². The highest BCUT2D eigenvalue weighted by molar-refractivity contribution is 6.08. The van der Waals surface area contributed by atoms with Crippen molar-refractivity contribution in [2.75, 3.05) is 0 Å². The second-order valence-corrected chi connectivity index (χ2v) is 5.11. The summed E-state index contributed by atoms with van der Waals surface area (Å²) in [6.07, 6.45) is 11.0. The SMILES string of the molecule is O=C(CC1=CCCCC1)c1cccc2ccncc12. The average molecular weight is 251 g/mol. The third-order valence-electron chi connectivity index (χ3n) is 3.76. The number of rotatable bonds is 3. The van der Waals surface area contributed by atoms with Crippen molar-refractivity contribution < 1.29 is 4.79 Å². The molecule has 2 heteroatoms. The highest BCUT2D eigenvalue weighted by Crippen LogP contribution is 2.24. The Labute approximate surface area is 113 Å². The summed E-state index contributed by atoms with van der Waals surface area (Å²) in [6.45, 7) is 0. The van der Waals surface area contributed by atoms with E-state index in [1.165, 1.54) is 18.4 Å². The van der Waals surface area contributed by atoms with E-state index in [4.69, 9.17) is 0 Å². The Hall–Kier alpha value is -1.96. The summed E-state index contributed by atoms with van der Waals surface area (Å²) in [5, 5.41) is 2.05. The van der Waals surface area contributed by atoms with Gasteiger partial charge in [0.05, 0.1) is 0 Å². The Kier molecular flexibility index (Phi) is 3.41. The predicted octanol–water partition coefficient (Wildman–Crippen LogP) is 4.31. The van der Waals surface area contributed by atoms with Crippen molar-refractivity contribution in [2.24, 2.45) is 0 Å². The third-order valence-corrected chi connectivity index (χ3v) is 3.76. The number of nitrogens with zero attached hydrogens (tertiary/aromatic N) is 1. The molecule has 19 heavy (non-hydrogen) atoms. The van der Waals surface area contributed by atoms with Gasteiger partial charge in [-0.05, 0) is 37.1 Å². The van der Waals surface area contributed by atoms with Gasteiger partial charge in [0.2, 0.25) is 0 Å². The van der Waals surface area contributed by atoms with Crippen molar-refractivity contribution in [1.29, 1.82) is 0 Å². The van der Waals surface area contributed by atoms with Crippen LogP contribution in [0.5, 0.6) is 0 Å². The molecule has 2 aromatic rings. The first-order valence-electron chi connectivity index (χ1n) is 6.88. The molecule has 0 saturated carbocycles. The van der Waals surface area contributed by atoms with Crippen LogP contribution in [0.1, 0.15) is 42.5 Å². The molecule has 0 fully saturated rings. The van der Waals surface area contributed by atoms with E-state index in [9.17, 15) is 4.79 Å². The fourth-order valence-electron chi connectivity index (χ4n) is 2.72. The highest BCUT2D eigenvalue weighted by Gasteiger charge is 2.13. The van der Waals surface area contributed by atoms with Crippen molar-refractivity contribution >= 4 is 16.6 Å². The lowest BCUT2D eigenvalue weighted by Crippen LogP contribution is -2.04. The second-order valence-electron chi connectivity index (χ2n) is 5.11. The average Bonchev–Trinajstić information content (AvgIpc) is 2.47. The maximum Gasteiger partial charge on any atom is 0.167 e. The van der Waals surface area contributed by atoms with E-state index in [1.807, 2.05) is 24.3 Å². The number of Topliss-reactive ketones (excluding diaryl/α,β-unsaturated/α-hetero) is 1. The van der Waals surface area contributed by atoms with Crippen LogP contribution < -0.4 is 0 Å². The normalized spacial score (nSPS) is 15.3. The van der Waals surface area contributed by atoms with E-state index in [0.29, 0.717) is 6.42 Å². The Balaban J connectivity index is 1.91. The lowest BCUT2D eigenvalue weighted by molar-refractivity contribution is 0.0993. The summed E-state index contributed by atoms with van der Waals surface area (Å²) in [5.74, 6) is 0.215. The lowest BCUT2D eigenvalue weighted by atomic mass is 9.92. The molecule has 1 aromatic carbocycles. The fraction of sp³-hybridized carbons (Fsp3) is 0.294. The molecule has 0 spiro atoms. The van der Waals surface area contributed by atoms with E-state index in [-0.39, 0.29) is 5.78 Å². The van der Waals surface area contributed by atoms with Gasteiger partial charge in [0.25, 0.3) is 0 Å². The van der Waals surface area contributed by atoms with Crippen LogP contribution in [0.4, 0.5) is 0 Å². The summed E-state index contributed by atoms with van der Waals surface area (Å²) in [6, 6.07) is 7.83. The van der Waals surface area contributed by atoms with Crippen LogP contribution in [0.15, 0.2) is 48.3 Å². The first-order valence-corrected chi connectivity index (χ1v) is 6.88. The molecule has 0 saturated heterocycles. The summed E-state index contributed by atoms with van der Waals surface area (Å²) >= 11 is 0. The number of allylic oxidation sites excluding steroid dienone is 2. The van der Waals surface area contributed by atoms with Gasteiger partial charge in [0.15, 0.2) is 5.78 Å². The summed E-state index contributed by atoms with van der Waals surface area (Å²) in [7, 11) is 0. The van der Waals surface area contributed by atoms with Crippen LogP contribution in [0.25, 0.3) is 10.8 Å². The van der Waals surface area contributed by atoms with Crippen molar-refractivity contribution in [1.82, 2.24) is 4.98 Å². The Bertz CT molecular complexity index is 637. The molecule has 1 aliphatic rings. The Morgan fingerprint density at radius 3 is 3.00 bits per heavy atom. The standard InChI is InChI=1S/C17H17NO/c19-17(11-13-5-2-1-3-6-13)15-8-4-7-14-9-10-18-12-16(14)15/h4-5,7-10,12H,1-3,6,11H2. The zero-order valence-corrected chi connectivity index (χ0v) is 10.9. The number of hydrogen-bond donors (Lipinski definition) is 0. The van der Waals surface area contributed by atoms with Gasteiger partial charge in [-0.3, -0.25) is 9.78 Å². The lowest BCUT2D eigenvalue weighted by Gasteiger charge is -2.12. The first-order chi connectivity index (χ1) is 9.34. The number of hydrogen-bond acceptors (Lipinski definition) is 2. The third kappa shape index (κ3) is 2.58. The summed E-state index contributed by atoms with van der Waals surface area (Å²) < 4.78 is 0. The minimum absolute atomic E-state index is 0.215. The van der Waals surface area contributed by atoms with Crippen molar-refractivity contribution in [3.63, 3.8) is 0 Å². The zero-order valence-electron chi connectivity index (χ0n) is 10.9. The molecular formula is C17H17NO. The monoisotopic (exact) mass is 251 g/mol. The largest absolute Gasteiger partial charge is 0.294 e. The van der Waals surface area contributed by atoms with Gasteiger partial charge in [-0.15, -0.1) is 0 Å².